The van der Waals surface area contributed by atoms with Crippen molar-refractivity contribution < 1.29 is 9.66 Å². The van der Waals surface area contributed by atoms with Gasteiger partial charge in [0.05, 0.1) is 29.6 Å². The molecule has 0 aliphatic rings. The third kappa shape index (κ3) is 2.68. The van der Waals surface area contributed by atoms with Crippen LogP contribution in [0, 0.1) is 10.1 Å². The van der Waals surface area contributed by atoms with Gasteiger partial charge in [0.25, 0.3) is 0 Å². The Hall–Kier alpha value is -2.48. The van der Waals surface area contributed by atoms with E-state index < -0.39 is 4.92 Å². The lowest BCUT2D eigenvalue weighted by Crippen LogP contribution is -2.02. The standard InChI is InChI=1S/C11H13N5O3/c1-19-11-3-2-9(6-10(11)16(17)18)15-7-8(4-5-12)13-14-15/h2-3,6-7H,4-5,12H2,1H3. The molecule has 0 saturated heterocycles. The second kappa shape index (κ2) is 5.44. The van der Waals surface area contributed by atoms with Crippen molar-refractivity contribution >= 4 is 5.69 Å². The topological polar surface area (TPSA) is 109 Å². The number of hydrogen-bond acceptors (Lipinski definition) is 6. The third-order valence-electron chi connectivity index (χ3n) is 2.56. The van der Waals surface area contributed by atoms with E-state index in [0.717, 1.165) is 5.69 Å². The highest BCUT2D eigenvalue weighted by molar-refractivity contribution is 5.53. The summed E-state index contributed by atoms with van der Waals surface area (Å²) in [6.07, 6.45) is 2.30. The first-order valence-electron chi connectivity index (χ1n) is 5.60. The van der Waals surface area contributed by atoms with Crippen molar-refractivity contribution in [1.82, 2.24) is 15.0 Å². The van der Waals surface area contributed by atoms with Crippen molar-refractivity contribution in [2.75, 3.05) is 13.7 Å². The van der Waals surface area contributed by atoms with Crippen LogP contribution in [0.15, 0.2) is 24.4 Å². The van der Waals surface area contributed by atoms with Gasteiger partial charge in [-0.05, 0) is 18.7 Å². The Kier molecular flexibility index (Phi) is 3.71. The summed E-state index contributed by atoms with van der Waals surface area (Å²) >= 11 is 0. The molecule has 2 rings (SSSR count). The van der Waals surface area contributed by atoms with E-state index in [9.17, 15) is 10.1 Å². The molecule has 1 heterocycles. The average molecular weight is 263 g/mol. The Morgan fingerprint density at radius 1 is 1.53 bits per heavy atom. The number of hydrogen-bond donors (Lipinski definition) is 1. The first kappa shape index (κ1) is 13.0. The number of aromatic nitrogens is 3. The summed E-state index contributed by atoms with van der Waals surface area (Å²) in [5, 5.41) is 18.8. The van der Waals surface area contributed by atoms with E-state index in [1.165, 1.54) is 23.9 Å². The molecule has 0 atom stereocenters. The predicted molar refractivity (Wildman–Crippen MR) is 67.3 cm³/mol. The summed E-state index contributed by atoms with van der Waals surface area (Å²) < 4.78 is 6.41. The number of nitro groups is 1. The van der Waals surface area contributed by atoms with Crippen molar-refractivity contribution in [2.24, 2.45) is 5.73 Å². The van der Waals surface area contributed by atoms with Gasteiger partial charge in [0.1, 0.15) is 0 Å². The van der Waals surface area contributed by atoms with Crippen LogP contribution in [0.4, 0.5) is 5.69 Å². The van der Waals surface area contributed by atoms with Gasteiger partial charge in [0.15, 0.2) is 5.75 Å². The van der Waals surface area contributed by atoms with Gasteiger partial charge in [-0.3, -0.25) is 10.1 Å². The van der Waals surface area contributed by atoms with Crippen LogP contribution in [-0.2, 0) is 6.42 Å². The van der Waals surface area contributed by atoms with E-state index in [2.05, 4.69) is 10.3 Å². The molecule has 0 unspecified atom stereocenters. The van der Waals surface area contributed by atoms with Crippen LogP contribution in [0.3, 0.4) is 0 Å². The highest BCUT2D eigenvalue weighted by atomic mass is 16.6. The number of ether oxygens (including phenoxy) is 1. The van der Waals surface area contributed by atoms with Crippen LogP contribution in [0.25, 0.3) is 5.69 Å². The van der Waals surface area contributed by atoms with Gasteiger partial charge < -0.3 is 10.5 Å². The summed E-state index contributed by atoms with van der Waals surface area (Å²) in [6.45, 7) is 0.474. The van der Waals surface area contributed by atoms with Gasteiger partial charge >= 0.3 is 5.69 Å². The normalized spacial score (nSPS) is 10.4. The van der Waals surface area contributed by atoms with Gasteiger partial charge in [-0.2, -0.15) is 0 Å². The molecule has 8 heteroatoms. The third-order valence-corrected chi connectivity index (χ3v) is 2.56. The van der Waals surface area contributed by atoms with E-state index >= 15 is 0 Å². The maximum Gasteiger partial charge on any atom is 0.313 e. The minimum Gasteiger partial charge on any atom is -0.490 e. The molecule has 19 heavy (non-hydrogen) atoms. The smallest absolute Gasteiger partial charge is 0.313 e. The molecular formula is C11H13N5O3. The van der Waals surface area contributed by atoms with Crippen LogP contribution in [0.2, 0.25) is 0 Å². The lowest BCUT2D eigenvalue weighted by molar-refractivity contribution is -0.385. The van der Waals surface area contributed by atoms with E-state index in [0.29, 0.717) is 18.7 Å². The van der Waals surface area contributed by atoms with E-state index in [-0.39, 0.29) is 11.4 Å². The van der Waals surface area contributed by atoms with Crippen molar-refractivity contribution in [2.45, 2.75) is 6.42 Å². The van der Waals surface area contributed by atoms with Crippen LogP contribution in [0.5, 0.6) is 5.75 Å². The van der Waals surface area contributed by atoms with Crippen molar-refractivity contribution in [3.8, 4) is 11.4 Å². The quantitative estimate of drug-likeness (QED) is 0.627. The van der Waals surface area contributed by atoms with Crippen molar-refractivity contribution in [1.29, 1.82) is 0 Å². The second-order valence-corrected chi connectivity index (χ2v) is 3.81. The molecule has 100 valence electrons. The first-order chi connectivity index (χ1) is 9.15. The zero-order valence-electron chi connectivity index (χ0n) is 10.3. The molecule has 8 nitrogen and oxygen atoms in total. The van der Waals surface area contributed by atoms with Crippen molar-refractivity contribution in [3.05, 3.63) is 40.2 Å². The minimum atomic E-state index is -0.500. The zero-order chi connectivity index (χ0) is 13.8. The summed E-state index contributed by atoms with van der Waals surface area (Å²) in [4.78, 5) is 10.4. The molecule has 0 bridgehead atoms. The fourth-order valence-corrected chi connectivity index (χ4v) is 1.65. The summed E-state index contributed by atoms with van der Waals surface area (Å²) in [5.74, 6) is 0.205. The number of benzene rings is 1. The van der Waals surface area contributed by atoms with E-state index in [1.807, 2.05) is 0 Å². The average Bonchev–Trinajstić information content (AvgIpc) is 2.87. The van der Waals surface area contributed by atoms with E-state index in [1.54, 1.807) is 12.3 Å². The molecule has 1 aromatic carbocycles. The van der Waals surface area contributed by atoms with Crippen LogP contribution >= 0.6 is 0 Å². The summed E-state index contributed by atoms with van der Waals surface area (Å²) in [7, 11) is 1.39. The number of nitro benzene ring substituents is 1. The molecule has 1 aromatic heterocycles. The van der Waals surface area contributed by atoms with Crippen molar-refractivity contribution in [3.63, 3.8) is 0 Å². The van der Waals surface area contributed by atoms with Gasteiger partial charge in [-0.1, -0.05) is 5.21 Å². The molecule has 0 spiro atoms. The molecule has 0 aliphatic carbocycles. The lowest BCUT2D eigenvalue weighted by Gasteiger charge is -2.04. The van der Waals surface area contributed by atoms with Crippen LogP contribution in [-0.4, -0.2) is 33.6 Å². The highest BCUT2D eigenvalue weighted by Crippen LogP contribution is 2.28. The maximum absolute atomic E-state index is 10.9. The molecule has 2 N–H and O–H groups in total. The van der Waals surface area contributed by atoms with E-state index in [4.69, 9.17) is 10.5 Å². The number of nitrogens with two attached hydrogens (primary N) is 1. The number of methoxy groups -OCH3 is 1. The summed E-state index contributed by atoms with van der Waals surface area (Å²) in [6, 6.07) is 4.59. The Balaban J connectivity index is 2.39. The number of nitrogens with zero attached hydrogens (tertiary/aromatic N) is 4. The first-order valence-corrected chi connectivity index (χ1v) is 5.60. The molecule has 2 aromatic rings. The zero-order valence-corrected chi connectivity index (χ0v) is 10.3. The molecule has 0 saturated carbocycles. The Morgan fingerprint density at radius 3 is 2.95 bits per heavy atom. The van der Waals surface area contributed by atoms with Gasteiger partial charge in [-0.25, -0.2) is 4.68 Å². The highest BCUT2D eigenvalue weighted by Gasteiger charge is 2.16. The molecule has 0 aliphatic heterocycles. The predicted octanol–water partition coefficient (Wildman–Crippen LogP) is 0.685. The second-order valence-electron chi connectivity index (χ2n) is 3.81. The van der Waals surface area contributed by atoms with Crippen LogP contribution in [0.1, 0.15) is 5.69 Å². The monoisotopic (exact) mass is 263 g/mol. The lowest BCUT2D eigenvalue weighted by atomic mass is 10.2. The maximum atomic E-state index is 10.9. The number of rotatable bonds is 5. The molecule has 0 amide bonds. The Labute approximate surface area is 108 Å². The van der Waals surface area contributed by atoms with Gasteiger partial charge in [0, 0.05) is 12.5 Å². The van der Waals surface area contributed by atoms with Gasteiger partial charge in [-0.15, -0.1) is 5.10 Å². The Morgan fingerprint density at radius 2 is 2.32 bits per heavy atom. The fourth-order valence-electron chi connectivity index (χ4n) is 1.65. The minimum absolute atomic E-state index is 0.115. The largest absolute Gasteiger partial charge is 0.490 e. The molecule has 0 radical (unpaired) electrons. The van der Waals surface area contributed by atoms with Gasteiger partial charge in [0.2, 0.25) is 0 Å². The van der Waals surface area contributed by atoms with Crippen LogP contribution < -0.4 is 10.5 Å². The fraction of sp³-hybridized carbons (Fsp3) is 0.273. The Bertz CT molecular complexity index is 596. The summed E-state index contributed by atoms with van der Waals surface area (Å²) in [5.41, 5.74) is 6.59. The SMILES string of the molecule is COc1ccc(-n2cc(CCN)nn2)cc1[N+](=O)[O-]. The molecule has 0 fully saturated rings. The molecular weight excluding hydrogens is 250 g/mol.